The molecule has 2 aromatic carbocycles. The minimum atomic E-state index is -0.746. The van der Waals surface area contributed by atoms with Crippen LogP contribution in [0.1, 0.15) is 17.2 Å². The molecular weight excluding hydrogens is 366 g/mol. The lowest BCUT2D eigenvalue weighted by Crippen LogP contribution is -2.35. The molecule has 0 aromatic heterocycles. The fourth-order valence-electron chi connectivity index (χ4n) is 2.14. The van der Waals surface area contributed by atoms with E-state index in [2.05, 4.69) is 15.9 Å². The SMILES string of the molecule is O=C(CCl)N(Cc1ccccc1)C[C@@H](O)c1ccc(Br)cc1. The summed E-state index contributed by atoms with van der Waals surface area (Å²) in [6.07, 6.45) is -0.746. The molecule has 0 heterocycles. The highest BCUT2D eigenvalue weighted by Crippen LogP contribution is 2.19. The van der Waals surface area contributed by atoms with Crippen LogP contribution >= 0.6 is 27.5 Å². The van der Waals surface area contributed by atoms with E-state index in [0.717, 1.165) is 15.6 Å². The van der Waals surface area contributed by atoms with E-state index in [-0.39, 0.29) is 18.3 Å². The van der Waals surface area contributed by atoms with E-state index in [1.54, 1.807) is 4.90 Å². The Bertz CT molecular complexity index is 604. The number of benzene rings is 2. The minimum absolute atomic E-state index is 0.0973. The first kappa shape index (κ1) is 17.0. The van der Waals surface area contributed by atoms with Crippen molar-refractivity contribution < 1.29 is 9.90 Å². The van der Waals surface area contributed by atoms with Gasteiger partial charge in [0.1, 0.15) is 5.88 Å². The maximum atomic E-state index is 12.0. The van der Waals surface area contributed by atoms with Crippen molar-refractivity contribution >= 4 is 33.4 Å². The van der Waals surface area contributed by atoms with Gasteiger partial charge in [-0.3, -0.25) is 4.79 Å². The van der Waals surface area contributed by atoms with Gasteiger partial charge in [0.25, 0.3) is 0 Å². The van der Waals surface area contributed by atoms with Gasteiger partial charge in [0.15, 0.2) is 0 Å². The molecule has 2 rings (SSSR count). The lowest BCUT2D eigenvalue weighted by molar-refractivity contribution is -0.130. The highest BCUT2D eigenvalue weighted by molar-refractivity contribution is 9.10. The molecule has 5 heteroatoms. The van der Waals surface area contributed by atoms with Gasteiger partial charge in [-0.15, -0.1) is 11.6 Å². The molecule has 0 spiro atoms. The summed E-state index contributed by atoms with van der Waals surface area (Å²) in [5, 5.41) is 10.4. The summed E-state index contributed by atoms with van der Waals surface area (Å²) in [6.45, 7) is 0.641. The molecular formula is C17H17BrClNO2. The topological polar surface area (TPSA) is 40.5 Å². The quantitative estimate of drug-likeness (QED) is 0.773. The minimum Gasteiger partial charge on any atom is -0.387 e. The van der Waals surface area contributed by atoms with E-state index in [0.29, 0.717) is 6.54 Å². The Morgan fingerprint density at radius 1 is 1.14 bits per heavy atom. The molecule has 1 N–H and O–H groups in total. The van der Waals surface area contributed by atoms with Crippen LogP contribution in [-0.4, -0.2) is 28.3 Å². The fourth-order valence-corrected chi connectivity index (χ4v) is 2.58. The second kappa shape index (κ2) is 8.32. The van der Waals surface area contributed by atoms with Gasteiger partial charge >= 0.3 is 0 Å². The third-order valence-electron chi connectivity index (χ3n) is 3.33. The van der Waals surface area contributed by atoms with E-state index >= 15 is 0 Å². The Kier molecular flexibility index (Phi) is 6.43. The van der Waals surface area contributed by atoms with Crippen molar-refractivity contribution in [3.8, 4) is 0 Å². The fraction of sp³-hybridized carbons (Fsp3) is 0.235. The number of rotatable bonds is 6. The molecule has 0 fully saturated rings. The molecule has 0 aliphatic rings. The summed E-state index contributed by atoms with van der Waals surface area (Å²) >= 11 is 9.04. The van der Waals surface area contributed by atoms with Crippen molar-refractivity contribution in [1.82, 2.24) is 4.90 Å². The Morgan fingerprint density at radius 2 is 1.77 bits per heavy atom. The predicted molar refractivity (Wildman–Crippen MR) is 91.7 cm³/mol. The zero-order valence-electron chi connectivity index (χ0n) is 12.0. The van der Waals surface area contributed by atoms with Crippen LogP contribution in [0.3, 0.4) is 0 Å². The van der Waals surface area contributed by atoms with Gasteiger partial charge in [-0.05, 0) is 23.3 Å². The van der Waals surface area contributed by atoms with Crippen LogP contribution in [0.2, 0.25) is 0 Å². The molecule has 2 aromatic rings. The van der Waals surface area contributed by atoms with Gasteiger partial charge in [-0.1, -0.05) is 58.4 Å². The third kappa shape index (κ3) is 4.83. The monoisotopic (exact) mass is 381 g/mol. The van der Waals surface area contributed by atoms with Gasteiger partial charge in [0.05, 0.1) is 12.6 Å². The van der Waals surface area contributed by atoms with Gasteiger partial charge in [-0.2, -0.15) is 0 Å². The number of halogens is 2. The van der Waals surface area contributed by atoms with Gasteiger partial charge in [0.2, 0.25) is 5.91 Å². The summed E-state index contributed by atoms with van der Waals surface area (Å²) in [5.74, 6) is -0.290. The smallest absolute Gasteiger partial charge is 0.237 e. The van der Waals surface area contributed by atoms with E-state index in [1.807, 2.05) is 54.6 Å². The summed E-state index contributed by atoms with van der Waals surface area (Å²) < 4.78 is 0.946. The van der Waals surface area contributed by atoms with E-state index < -0.39 is 6.10 Å². The second-order valence-corrected chi connectivity index (χ2v) is 6.14. The molecule has 0 unspecified atom stereocenters. The molecule has 0 aliphatic heterocycles. The number of carbonyl (C=O) groups is 1. The van der Waals surface area contributed by atoms with Gasteiger partial charge < -0.3 is 10.0 Å². The number of aliphatic hydroxyl groups excluding tert-OH is 1. The number of carbonyl (C=O) groups excluding carboxylic acids is 1. The Morgan fingerprint density at radius 3 is 2.36 bits per heavy atom. The zero-order valence-corrected chi connectivity index (χ0v) is 14.3. The maximum absolute atomic E-state index is 12.0. The van der Waals surface area contributed by atoms with E-state index in [4.69, 9.17) is 11.6 Å². The van der Waals surface area contributed by atoms with E-state index in [9.17, 15) is 9.90 Å². The number of hydrogen-bond donors (Lipinski definition) is 1. The third-order valence-corrected chi connectivity index (χ3v) is 4.09. The number of nitrogens with zero attached hydrogens (tertiary/aromatic N) is 1. The average Bonchev–Trinajstić information content (AvgIpc) is 2.55. The molecule has 1 atom stereocenters. The zero-order chi connectivity index (χ0) is 15.9. The first-order valence-electron chi connectivity index (χ1n) is 6.91. The number of hydrogen-bond acceptors (Lipinski definition) is 2. The Hall–Kier alpha value is -1.36. The van der Waals surface area contributed by atoms with Gasteiger partial charge in [-0.25, -0.2) is 0 Å². The predicted octanol–water partition coefficient (Wildman–Crippen LogP) is 3.75. The molecule has 1 amide bonds. The summed E-state index contributed by atoms with van der Waals surface area (Å²) in [6, 6.07) is 17.1. The normalized spacial score (nSPS) is 12.0. The lowest BCUT2D eigenvalue weighted by Gasteiger charge is -2.25. The molecule has 116 valence electrons. The molecule has 0 radical (unpaired) electrons. The van der Waals surface area contributed by atoms with Crippen LogP contribution in [0.25, 0.3) is 0 Å². The van der Waals surface area contributed by atoms with Gasteiger partial charge in [0, 0.05) is 11.0 Å². The van der Waals surface area contributed by atoms with Crippen LogP contribution in [0.4, 0.5) is 0 Å². The van der Waals surface area contributed by atoms with Crippen molar-refractivity contribution in [2.24, 2.45) is 0 Å². The first-order valence-corrected chi connectivity index (χ1v) is 8.24. The highest BCUT2D eigenvalue weighted by atomic mass is 79.9. The van der Waals surface area contributed by atoms with E-state index in [1.165, 1.54) is 0 Å². The van der Waals surface area contributed by atoms with Crippen LogP contribution in [0.5, 0.6) is 0 Å². The molecule has 0 saturated heterocycles. The molecule has 3 nitrogen and oxygen atoms in total. The summed E-state index contributed by atoms with van der Waals surface area (Å²) in [7, 11) is 0. The van der Waals surface area contributed by atoms with Crippen molar-refractivity contribution in [1.29, 1.82) is 0 Å². The molecule has 0 bridgehead atoms. The number of amides is 1. The Labute approximate surface area is 143 Å². The maximum Gasteiger partial charge on any atom is 0.237 e. The molecule has 0 aliphatic carbocycles. The molecule has 0 saturated carbocycles. The number of alkyl halides is 1. The van der Waals surface area contributed by atoms with Crippen LogP contribution in [0, 0.1) is 0 Å². The standard InChI is InChI=1S/C17H17BrClNO2/c18-15-8-6-14(7-9-15)16(21)12-20(17(22)10-19)11-13-4-2-1-3-5-13/h1-9,16,21H,10-12H2/t16-/m1/s1. The largest absolute Gasteiger partial charge is 0.387 e. The van der Waals surface area contributed by atoms with Crippen LogP contribution in [0.15, 0.2) is 59.1 Å². The molecule has 22 heavy (non-hydrogen) atoms. The van der Waals surface area contributed by atoms with Crippen molar-refractivity contribution in [3.63, 3.8) is 0 Å². The van der Waals surface area contributed by atoms with Crippen molar-refractivity contribution in [3.05, 3.63) is 70.2 Å². The average molecular weight is 383 g/mol. The second-order valence-electron chi connectivity index (χ2n) is 4.96. The lowest BCUT2D eigenvalue weighted by atomic mass is 10.1. The highest BCUT2D eigenvalue weighted by Gasteiger charge is 2.18. The summed E-state index contributed by atoms with van der Waals surface area (Å²) in [4.78, 5) is 13.6. The number of aliphatic hydroxyl groups is 1. The van der Waals surface area contributed by atoms with Crippen LogP contribution in [-0.2, 0) is 11.3 Å². The summed E-state index contributed by atoms with van der Waals surface area (Å²) in [5.41, 5.74) is 1.77. The van der Waals surface area contributed by atoms with Crippen LogP contribution < -0.4 is 0 Å². The Balaban J connectivity index is 2.09. The first-order chi connectivity index (χ1) is 10.6. The van der Waals surface area contributed by atoms with Crippen molar-refractivity contribution in [2.75, 3.05) is 12.4 Å². The van der Waals surface area contributed by atoms with Crippen molar-refractivity contribution in [2.45, 2.75) is 12.6 Å².